The quantitative estimate of drug-likeness (QED) is 0.555. The molecular formula is C8H12ClN. The number of nitrogens with zero attached hydrogens (tertiary/aromatic N) is 1. The van der Waals surface area contributed by atoms with Gasteiger partial charge in [0.25, 0.3) is 0 Å². The Kier molecular flexibility index (Phi) is 2.50. The van der Waals surface area contributed by atoms with Gasteiger partial charge in [-0.25, -0.2) is 0 Å². The molecule has 1 rings (SSSR count). The zero-order chi connectivity index (χ0) is 7.56. The van der Waals surface area contributed by atoms with Crippen LogP contribution in [0.25, 0.3) is 0 Å². The normalized spacial score (nSPS) is 25.7. The molecule has 0 saturated carbocycles. The fourth-order valence-electron chi connectivity index (χ4n) is 1.24. The molecule has 0 bridgehead atoms. The highest BCUT2D eigenvalue weighted by atomic mass is 35.5. The first-order chi connectivity index (χ1) is 4.75. The molecule has 0 aromatic rings. The first kappa shape index (κ1) is 7.80. The maximum absolute atomic E-state index is 5.91. The summed E-state index contributed by atoms with van der Waals surface area (Å²) in [5, 5.41) is 0.848. The molecule has 0 fully saturated rings. The Balaban J connectivity index is 2.83. The van der Waals surface area contributed by atoms with Crippen molar-refractivity contribution in [3.63, 3.8) is 0 Å². The van der Waals surface area contributed by atoms with E-state index in [9.17, 15) is 0 Å². The van der Waals surface area contributed by atoms with Crippen LogP contribution in [0, 0.1) is 5.92 Å². The molecule has 10 heavy (non-hydrogen) atoms. The topological polar surface area (TPSA) is 12.4 Å². The molecule has 2 heteroatoms. The van der Waals surface area contributed by atoms with Crippen LogP contribution in [-0.2, 0) is 0 Å². The van der Waals surface area contributed by atoms with E-state index in [1.54, 1.807) is 6.21 Å². The molecule has 0 N–H and O–H groups in total. The molecule has 0 aliphatic carbocycles. The van der Waals surface area contributed by atoms with Crippen molar-refractivity contribution < 1.29 is 0 Å². The minimum atomic E-state index is 0.544. The molecule has 0 spiro atoms. The van der Waals surface area contributed by atoms with Gasteiger partial charge in [0.2, 0.25) is 0 Å². The van der Waals surface area contributed by atoms with Crippen LogP contribution in [-0.4, -0.2) is 12.8 Å². The van der Waals surface area contributed by atoms with Gasteiger partial charge in [-0.05, 0) is 17.9 Å². The summed E-state index contributed by atoms with van der Waals surface area (Å²) in [4.78, 5) is 4.12. The highest BCUT2D eigenvalue weighted by Gasteiger charge is 2.12. The van der Waals surface area contributed by atoms with Crippen LogP contribution in [0.2, 0.25) is 0 Å². The number of rotatable bonds is 1. The number of aliphatic imine (C=N–C) groups is 1. The first-order valence-corrected chi connectivity index (χ1v) is 4.01. The van der Waals surface area contributed by atoms with Crippen molar-refractivity contribution in [1.29, 1.82) is 0 Å². The Labute approximate surface area is 66.8 Å². The molecule has 1 nitrogen and oxygen atoms in total. The van der Waals surface area contributed by atoms with Crippen LogP contribution in [0.3, 0.4) is 0 Å². The lowest BCUT2D eigenvalue weighted by atomic mass is 9.97. The largest absolute Gasteiger partial charge is 0.291 e. The fourth-order valence-corrected chi connectivity index (χ4v) is 1.63. The number of dihydropyridines is 1. The van der Waals surface area contributed by atoms with Crippen LogP contribution in [0.1, 0.15) is 20.3 Å². The SMILES string of the molecule is CCC1=C(Cl)C=NCC1C. The second-order valence-electron chi connectivity index (χ2n) is 2.62. The molecule has 1 aliphatic heterocycles. The maximum Gasteiger partial charge on any atom is 0.0579 e. The van der Waals surface area contributed by atoms with Gasteiger partial charge in [-0.2, -0.15) is 0 Å². The molecule has 0 aromatic carbocycles. The average molecular weight is 158 g/mol. The molecule has 0 saturated heterocycles. The summed E-state index contributed by atoms with van der Waals surface area (Å²) in [5.41, 5.74) is 1.34. The van der Waals surface area contributed by atoms with Gasteiger partial charge < -0.3 is 0 Å². The molecule has 1 atom stereocenters. The van der Waals surface area contributed by atoms with Crippen molar-refractivity contribution in [2.45, 2.75) is 20.3 Å². The average Bonchev–Trinajstić information content (AvgIpc) is 1.88. The van der Waals surface area contributed by atoms with E-state index in [2.05, 4.69) is 18.8 Å². The second-order valence-corrected chi connectivity index (χ2v) is 3.03. The van der Waals surface area contributed by atoms with E-state index in [1.807, 2.05) is 0 Å². The molecule has 1 heterocycles. The van der Waals surface area contributed by atoms with E-state index in [4.69, 9.17) is 11.6 Å². The third-order valence-corrected chi connectivity index (χ3v) is 2.21. The van der Waals surface area contributed by atoms with Crippen molar-refractivity contribution in [2.24, 2.45) is 10.9 Å². The predicted octanol–water partition coefficient (Wildman–Crippen LogP) is 2.61. The summed E-state index contributed by atoms with van der Waals surface area (Å²) in [5.74, 6) is 0.544. The Morgan fingerprint density at radius 1 is 1.80 bits per heavy atom. The number of hydrogen-bond acceptors (Lipinski definition) is 1. The van der Waals surface area contributed by atoms with Crippen molar-refractivity contribution in [3.8, 4) is 0 Å². The van der Waals surface area contributed by atoms with Crippen LogP contribution in [0.5, 0.6) is 0 Å². The Morgan fingerprint density at radius 2 is 2.50 bits per heavy atom. The maximum atomic E-state index is 5.91. The highest BCUT2D eigenvalue weighted by Crippen LogP contribution is 2.23. The Morgan fingerprint density at radius 3 is 2.90 bits per heavy atom. The minimum Gasteiger partial charge on any atom is -0.291 e. The van der Waals surface area contributed by atoms with Gasteiger partial charge in [-0.15, -0.1) is 0 Å². The Bertz CT molecular complexity index is 182. The van der Waals surface area contributed by atoms with E-state index < -0.39 is 0 Å². The predicted molar refractivity (Wildman–Crippen MR) is 45.7 cm³/mol. The molecule has 1 unspecified atom stereocenters. The smallest absolute Gasteiger partial charge is 0.0579 e. The van der Waals surface area contributed by atoms with Gasteiger partial charge in [-0.3, -0.25) is 4.99 Å². The summed E-state index contributed by atoms with van der Waals surface area (Å²) in [6.07, 6.45) is 2.81. The van der Waals surface area contributed by atoms with Gasteiger partial charge in [0, 0.05) is 12.8 Å². The standard InChI is InChI=1S/C8H12ClN/c1-3-7-6(2)4-10-5-8(7)9/h5-6H,3-4H2,1-2H3. The van der Waals surface area contributed by atoms with E-state index in [0.29, 0.717) is 5.92 Å². The lowest BCUT2D eigenvalue weighted by molar-refractivity contribution is 0.662. The fraction of sp³-hybridized carbons (Fsp3) is 0.625. The lowest BCUT2D eigenvalue weighted by Crippen LogP contribution is -2.09. The van der Waals surface area contributed by atoms with E-state index in [0.717, 1.165) is 18.0 Å². The van der Waals surface area contributed by atoms with E-state index >= 15 is 0 Å². The molecule has 0 amide bonds. The van der Waals surface area contributed by atoms with Crippen LogP contribution < -0.4 is 0 Å². The number of halogens is 1. The van der Waals surface area contributed by atoms with Crippen molar-refractivity contribution >= 4 is 17.8 Å². The summed E-state index contributed by atoms with van der Waals surface area (Å²) >= 11 is 5.91. The minimum absolute atomic E-state index is 0.544. The molecule has 56 valence electrons. The summed E-state index contributed by atoms with van der Waals surface area (Å²) in [6.45, 7) is 5.20. The van der Waals surface area contributed by atoms with Crippen molar-refractivity contribution in [1.82, 2.24) is 0 Å². The van der Waals surface area contributed by atoms with E-state index in [1.165, 1.54) is 5.57 Å². The monoisotopic (exact) mass is 157 g/mol. The number of allylic oxidation sites excluding steroid dienone is 1. The number of hydrogen-bond donors (Lipinski definition) is 0. The summed E-state index contributed by atoms with van der Waals surface area (Å²) in [7, 11) is 0. The second kappa shape index (κ2) is 3.20. The third-order valence-electron chi connectivity index (χ3n) is 1.87. The molecule has 0 aromatic heterocycles. The first-order valence-electron chi connectivity index (χ1n) is 3.64. The summed E-state index contributed by atoms with van der Waals surface area (Å²) in [6, 6.07) is 0. The van der Waals surface area contributed by atoms with Crippen LogP contribution in [0.15, 0.2) is 15.6 Å². The zero-order valence-electron chi connectivity index (χ0n) is 6.39. The summed E-state index contributed by atoms with van der Waals surface area (Å²) < 4.78 is 0. The van der Waals surface area contributed by atoms with Crippen molar-refractivity contribution in [2.75, 3.05) is 6.54 Å². The van der Waals surface area contributed by atoms with Gasteiger partial charge in [0.1, 0.15) is 0 Å². The highest BCUT2D eigenvalue weighted by molar-refractivity contribution is 6.39. The van der Waals surface area contributed by atoms with Crippen molar-refractivity contribution in [3.05, 3.63) is 10.6 Å². The Hall–Kier alpha value is -0.300. The van der Waals surface area contributed by atoms with E-state index in [-0.39, 0.29) is 0 Å². The molecule has 1 aliphatic rings. The third kappa shape index (κ3) is 1.40. The molecule has 0 radical (unpaired) electrons. The van der Waals surface area contributed by atoms with Crippen LogP contribution >= 0.6 is 11.6 Å². The lowest BCUT2D eigenvalue weighted by Gasteiger charge is -2.16. The van der Waals surface area contributed by atoms with Gasteiger partial charge >= 0.3 is 0 Å². The van der Waals surface area contributed by atoms with Gasteiger partial charge in [-0.1, -0.05) is 25.4 Å². The van der Waals surface area contributed by atoms with Gasteiger partial charge in [0.05, 0.1) is 5.03 Å². The zero-order valence-corrected chi connectivity index (χ0v) is 7.15. The molecular weight excluding hydrogens is 146 g/mol. The van der Waals surface area contributed by atoms with Gasteiger partial charge in [0.15, 0.2) is 0 Å². The van der Waals surface area contributed by atoms with Crippen LogP contribution in [0.4, 0.5) is 0 Å².